The van der Waals surface area contributed by atoms with Gasteiger partial charge in [0.1, 0.15) is 0 Å². The van der Waals surface area contributed by atoms with Gasteiger partial charge in [-0.1, -0.05) is 19.8 Å². The molecule has 1 N–H and O–H groups in total. The molecule has 0 atom stereocenters. The molecule has 0 radical (unpaired) electrons. The molecule has 1 aliphatic rings. The Hall–Kier alpha value is -0.200. The molecule has 0 aromatic rings. The van der Waals surface area contributed by atoms with Gasteiger partial charge in [-0.25, -0.2) is 5.01 Å². The first kappa shape index (κ1) is 17.9. The van der Waals surface area contributed by atoms with E-state index in [0.717, 1.165) is 26.2 Å². The van der Waals surface area contributed by atoms with Crippen LogP contribution in [-0.4, -0.2) is 64.3 Å². The van der Waals surface area contributed by atoms with Crippen molar-refractivity contribution in [2.24, 2.45) is 0 Å². The summed E-state index contributed by atoms with van der Waals surface area (Å²) in [6.07, 6.45) is 6.30. The van der Waals surface area contributed by atoms with E-state index in [4.69, 9.17) is 14.2 Å². The van der Waals surface area contributed by atoms with Gasteiger partial charge < -0.3 is 14.2 Å². The van der Waals surface area contributed by atoms with E-state index in [1.54, 1.807) is 0 Å². The van der Waals surface area contributed by atoms with Crippen LogP contribution in [-0.2, 0) is 14.2 Å². The number of hydrazine groups is 1. The first-order valence-corrected chi connectivity index (χ1v) is 8.15. The standard InChI is InChI=1S/C15H32N2O3/c1-2-3-10-18-12-14-20-15-13-19-11-7-16-17-8-5-4-6-9-17/h16H,2-15H2,1H3. The largest absolute Gasteiger partial charge is 0.379 e. The number of piperidine rings is 1. The molecule has 120 valence electrons. The topological polar surface area (TPSA) is 43.0 Å². The van der Waals surface area contributed by atoms with Crippen LogP contribution in [0.5, 0.6) is 0 Å². The van der Waals surface area contributed by atoms with Crippen LogP contribution in [0.3, 0.4) is 0 Å². The second kappa shape index (κ2) is 13.8. The molecule has 0 aliphatic carbocycles. The molecule has 1 aliphatic heterocycles. The fourth-order valence-corrected chi connectivity index (χ4v) is 2.12. The van der Waals surface area contributed by atoms with Gasteiger partial charge in [-0.05, 0) is 19.3 Å². The Morgan fingerprint density at radius 2 is 1.40 bits per heavy atom. The number of unbranched alkanes of at least 4 members (excludes halogenated alkanes) is 1. The maximum atomic E-state index is 5.51. The van der Waals surface area contributed by atoms with Gasteiger partial charge in [-0.3, -0.25) is 5.43 Å². The molecule has 0 unspecified atom stereocenters. The Morgan fingerprint density at radius 1 is 0.800 bits per heavy atom. The van der Waals surface area contributed by atoms with E-state index >= 15 is 0 Å². The molecule has 1 heterocycles. The van der Waals surface area contributed by atoms with Crippen LogP contribution in [0, 0.1) is 0 Å². The first-order valence-electron chi connectivity index (χ1n) is 8.15. The quantitative estimate of drug-likeness (QED) is 0.524. The van der Waals surface area contributed by atoms with Crippen molar-refractivity contribution in [2.75, 3.05) is 59.3 Å². The van der Waals surface area contributed by atoms with Gasteiger partial charge in [0, 0.05) is 26.2 Å². The first-order chi connectivity index (χ1) is 9.93. The lowest BCUT2D eigenvalue weighted by Crippen LogP contribution is -2.43. The van der Waals surface area contributed by atoms with Gasteiger partial charge >= 0.3 is 0 Å². The molecule has 0 aromatic carbocycles. The minimum absolute atomic E-state index is 0.654. The second-order valence-electron chi connectivity index (χ2n) is 5.15. The third-order valence-corrected chi connectivity index (χ3v) is 3.32. The minimum atomic E-state index is 0.654. The summed E-state index contributed by atoms with van der Waals surface area (Å²) in [6, 6.07) is 0. The zero-order chi connectivity index (χ0) is 14.3. The van der Waals surface area contributed by atoms with Crippen LogP contribution in [0.25, 0.3) is 0 Å². The van der Waals surface area contributed by atoms with Crippen LogP contribution in [0.4, 0.5) is 0 Å². The SMILES string of the molecule is CCCCOCCOCCOCCNN1CCCCC1. The Bertz CT molecular complexity index is 200. The third kappa shape index (κ3) is 10.6. The lowest BCUT2D eigenvalue weighted by atomic mass is 10.2. The summed E-state index contributed by atoms with van der Waals surface area (Å²) in [5, 5.41) is 2.30. The Labute approximate surface area is 123 Å². The molecule has 1 rings (SSSR count). The monoisotopic (exact) mass is 288 g/mol. The normalized spacial score (nSPS) is 16.6. The second-order valence-corrected chi connectivity index (χ2v) is 5.15. The lowest BCUT2D eigenvalue weighted by Gasteiger charge is -2.26. The molecular weight excluding hydrogens is 256 g/mol. The Morgan fingerprint density at radius 3 is 2.05 bits per heavy atom. The van der Waals surface area contributed by atoms with Gasteiger partial charge in [0.2, 0.25) is 0 Å². The van der Waals surface area contributed by atoms with E-state index in [2.05, 4.69) is 17.4 Å². The zero-order valence-corrected chi connectivity index (χ0v) is 13.1. The van der Waals surface area contributed by atoms with Gasteiger partial charge in [0.05, 0.1) is 33.0 Å². The Balaban J connectivity index is 1.70. The van der Waals surface area contributed by atoms with Crippen molar-refractivity contribution in [3.63, 3.8) is 0 Å². The number of hydrogen-bond donors (Lipinski definition) is 1. The summed E-state index contributed by atoms with van der Waals surface area (Å²) in [5.74, 6) is 0. The summed E-state index contributed by atoms with van der Waals surface area (Å²) in [5.41, 5.74) is 3.40. The molecule has 0 saturated carbocycles. The highest BCUT2D eigenvalue weighted by Gasteiger charge is 2.08. The fraction of sp³-hybridized carbons (Fsp3) is 1.00. The van der Waals surface area contributed by atoms with Crippen LogP contribution >= 0.6 is 0 Å². The van der Waals surface area contributed by atoms with Crippen molar-refractivity contribution >= 4 is 0 Å². The van der Waals surface area contributed by atoms with Crippen molar-refractivity contribution in [2.45, 2.75) is 39.0 Å². The summed E-state index contributed by atoms with van der Waals surface area (Å²) >= 11 is 0. The van der Waals surface area contributed by atoms with Crippen LogP contribution in [0.1, 0.15) is 39.0 Å². The number of nitrogens with zero attached hydrogens (tertiary/aromatic N) is 1. The van der Waals surface area contributed by atoms with Crippen LogP contribution < -0.4 is 5.43 Å². The summed E-state index contributed by atoms with van der Waals surface area (Å²) in [6.45, 7) is 9.65. The summed E-state index contributed by atoms with van der Waals surface area (Å²) < 4.78 is 16.3. The Kier molecular flexibility index (Phi) is 12.3. The number of hydrogen-bond acceptors (Lipinski definition) is 5. The van der Waals surface area contributed by atoms with Crippen molar-refractivity contribution in [1.29, 1.82) is 0 Å². The highest BCUT2D eigenvalue weighted by Crippen LogP contribution is 2.05. The molecule has 0 amide bonds. The van der Waals surface area contributed by atoms with E-state index in [-0.39, 0.29) is 0 Å². The van der Waals surface area contributed by atoms with Gasteiger partial charge in [-0.2, -0.15) is 0 Å². The molecule has 1 fully saturated rings. The van der Waals surface area contributed by atoms with Gasteiger partial charge in [0.15, 0.2) is 0 Å². The van der Waals surface area contributed by atoms with Crippen molar-refractivity contribution in [1.82, 2.24) is 10.4 Å². The maximum Gasteiger partial charge on any atom is 0.0701 e. The molecule has 5 heteroatoms. The lowest BCUT2D eigenvalue weighted by molar-refractivity contribution is 0.0115. The maximum absolute atomic E-state index is 5.51. The average molecular weight is 288 g/mol. The zero-order valence-electron chi connectivity index (χ0n) is 13.1. The van der Waals surface area contributed by atoms with Crippen LogP contribution in [0.15, 0.2) is 0 Å². The molecule has 0 spiro atoms. The van der Waals surface area contributed by atoms with Crippen LogP contribution in [0.2, 0.25) is 0 Å². The average Bonchev–Trinajstić information content (AvgIpc) is 2.49. The smallest absolute Gasteiger partial charge is 0.0701 e. The highest BCUT2D eigenvalue weighted by atomic mass is 16.5. The number of rotatable bonds is 13. The highest BCUT2D eigenvalue weighted by molar-refractivity contribution is 4.60. The molecule has 0 aromatic heterocycles. The van der Waals surface area contributed by atoms with Crippen molar-refractivity contribution in [3.05, 3.63) is 0 Å². The molecule has 20 heavy (non-hydrogen) atoms. The summed E-state index contributed by atoms with van der Waals surface area (Å²) in [7, 11) is 0. The van der Waals surface area contributed by atoms with E-state index in [9.17, 15) is 0 Å². The third-order valence-electron chi connectivity index (χ3n) is 3.32. The molecule has 5 nitrogen and oxygen atoms in total. The predicted octanol–water partition coefficient (Wildman–Crippen LogP) is 1.83. The fourth-order valence-electron chi connectivity index (χ4n) is 2.12. The van der Waals surface area contributed by atoms with E-state index < -0.39 is 0 Å². The van der Waals surface area contributed by atoms with Gasteiger partial charge in [0.25, 0.3) is 0 Å². The predicted molar refractivity (Wildman–Crippen MR) is 80.8 cm³/mol. The van der Waals surface area contributed by atoms with Crippen molar-refractivity contribution < 1.29 is 14.2 Å². The van der Waals surface area contributed by atoms with E-state index in [0.29, 0.717) is 26.4 Å². The number of ether oxygens (including phenoxy) is 3. The molecular formula is C15H32N2O3. The van der Waals surface area contributed by atoms with Gasteiger partial charge in [-0.15, -0.1) is 0 Å². The molecule has 1 saturated heterocycles. The van der Waals surface area contributed by atoms with Crippen molar-refractivity contribution in [3.8, 4) is 0 Å². The van der Waals surface area contributed by atoms with E-state index in [1.807, 2.05) is 0 Å². The minimum Gasteiger partial charge on any atom is -0.379 e. The summed E-state index contributed by atoms with van der Waals surface area (Å²) in [4.78, 5) is 0. The molecule has 0 bridgehead atoms. The van der Waals surface area contributed by atoms with E-state index in [1.165, 1.54) is 38.8 Å². The number of nitrogens with one attached hydrogen (secondary N) is 1.